The first-order valence-corrected chi connectivity index (χ1v) is 7.94. The van der Waals surface area contributed by atoms with Gasteiger partial charge >= 0.3 is 0 Å². The van der Waals surface area contributed by atoms with Gasteiger partial charge in [-0.3, -0.25) is 9.59 Å². The van der Waals surface area contributed by atoms with Gasteiger partial charge in [-0.15, -0.1) is 0 Å². The normalized spacial score (nSPS) is 19.6. The van der Waals surface area contributed by atoms with Gasteiger partial charge in [0, 0.05) is 20.0 Å². The van der Waals surface area contributed by atoms with Crippen LogP contribution >= 0.6 is 0 Å². The molecule has 0 unspecified atom stereocenters. The summed E-state index contributed by atoms with van der Waals surface area (Å²) in [6.45, 7) is 4.57. The third-order valence-electron chi connectivity index (χ3n) is 4.38. The Kier molecular flexibility index (Phi) is 4.07. The highest BCUT2D eigenvalue weighted by molar-refractivity contribution is 5.89. The Hall–Kier alpha value is -2.37. The molecule has 1 saturated heterocycles. The fraction of sp³-hybridized carbons (Fsp3) is 0.471. The summed E-state index contributed by atoms with van der Waals surface area (Å²) in [6, 6.07) is 7.61. The number of benzene rings is 1. The van der Waals surface area contributed by atoms with Crippen LogP contribution in [-0.4, -0.2) is 40.3 Å². The summed E-state index contributed by atoms with van der Waals surface area (Å²) in [5, 5.41) is 3.07. The summed E-state index contributed by atoms with van der Waals surface area (Å²) >= 11 is 0. The Morgan fingerprint density at radius 1 is 1.39 bits per heavy atom. The number of rotatable bonds is 4. The van der Waals surface area contributed by atoms with E-state index in [1.165, 1.54) is 0 Å². The molecule has 6 heteroatoms. The highest BCUT2D eigenvalue weighted by Gasteiger charge is 2.34. The molecule has 0 bridgehead atoms. The van der Waals surface area contributed by atoms with Crippen LogP contribution < -0.4 is 5.32 Å². The number of para-hydroxylation sites is 2. The lowest BCUT2D eigenvalue weighted by Gasteiger charge is -2.22. The minimum absolute atomic E-state index is 0.0231. The van der Waals surface area contributed by atoms with Crippen molar-refractivity contribution in [2.45, 2.75) is 26.3 Å². The first-order chi connectivity index (χ1) is 11.0. The third kappa shape index (κ3) is 3.06. The second-order valence-corrected chi connectivity index (χ2v) is 6.54. The summed E-state index contributed by atoms with van der Waals surface area (Å²) in [6.07, 6.45) is 0.285. The molecule has 1 aromatic carbocycles. The average molecular weight is 314 g/mol. The van der Waals surface area contributed by atoms with Gasteiger partial charge in [-0.1, -0.05) is 26.0 Å². The Bertz CT molecular complexity index is 704. The van der Waals surface area contributed by atoms with Crippen LogP contribution in [0.4, 0.5) is 0 Å². The molecule has 0 aliphatic carbocycles. The summed E-state index contributed by atoms with van der Waals surface area (Å²) in [4.78, 5) is 33.6. The number of nitrogens with zero attached hydrogens (tertiary/aromatic N) is 2. The van der Waals surface area contributed by atoms with Gasteiger partial charge in [0.2, 0.25) is 11.8 Å². The van der Waals surface area contributed by atoms with Crippen molar-refractivity contribution in [2.75, 3.05) is 13.6 Å². The van der Waals surface area contributed by atoms with E-state index in [0.29, 0.717) is 6.54 Å². The molecule has 6 nitrogen and oxygen atoms in total. The van der Waals surface area contributed by atoms with Crippen LogP contribution in [0.3, 0.4) is 0 Å². The van der Waals surface area contributed by atoms with Gasteiger partial charge in [0.15, 0.2) is 0 Å². The zero-order valence-electron chi connectivity index (χ0n) is 13.7. The molecule has 2 aromatic rings. The molecule has 2 heterocycles. The zero-order chi connectivity index (χ0) is 16.6. The quantitative estimate of drug-likeness (QED) is 0.904. The van der Waals surface area contributed by atoms with Gasteiger partial charge in [-0.25, -0.2) is 4.98 Å². The molecule has 2 N–H and O–H groups in total. The predicted octanol–water partition coefficient (Wildman–Crippen LogP) is 1.85. The fourth-order valence-corrected chi connectivity index (χ4v) is 2.98. The number of carbonyl (C=O) groups excluding carboxylic acids is 2. The minimum Gasteiger partial charge on any atom is -0.346 e. The minimum atomic E-state index is -0.280. The van der Waals surface area contributed by atoms with Crippen LogP contribution in [0.25, 0.3) is 11.0 Å². The van der Waals surface area contributed by atoms with E-state index in [1.807, 2.05) is 38.1 Å². The summed E-state index contributed by atoms with van der Waals surface area (Å²) in [5.74, 6) is 0.608. The molecule has 0 spiro atoms. The number of fused-ring (bicyclic) bond motifs is 1. The van der Waals surface area contributed by atoms with E-state index in [-0.39, 0.29) is 36.1 Å². The Labute approximate surface area is 135 Å². The number of likely N-dealkylation sites (tertiary alicyclic amines) is 1. The lowest BCUT2D eigenvalue weighted by molar-refractivity contribution is -0.128. The molecule has 0 radical (unpaired) electrons. The van der Waals surface area contributed by atoms with Crippen molar-refractivity contribution in [1.29, 1.82) is 0 Å². The Balaban J connectivity index is 1.79. The van der Waals surface area contributed by atoms with E-state index in [4.69, 9.17) is 0 Å². The smallest absolute Gasteiger partial charge is 0.226 e. The van der Waals surface area contributed by atoms with Crippen LogP contribution in [0.5, 0.6) is 0 Å². The van der Waals surface area contributed by atoms with Gasteiger partial charge in [0.1, 0.15) is 5.82 Å². The van der Waals surface area contributed by atoms with Gasteiger partial charge in [-0.2, -0.15) is 0 Å². The number of imidazole rings is 1. The topological polar surface area (TPSA) is 78.1 Å². The molecular formula is C17H22N4O2. The number of aromatic amines is 1. The molecule has 23 heavy (non-hydrogen) atoms. The Morgan fingerprint density at radius 3 is 2.74 bits per heavy atom. The van der Waals surface area contributed by atoms with Gasteiger partial charge in [0.25, 0.3) is 0 Å². The van der Waals surface area contributed by atoms with Gasteiger partial charge in [-0.05, 0) is 18.1 Å². The summed E-state index contributed by atoms with van der Waals surface area (Å²) < 4.78 is 0. The monoisotopic (exact) mass is 314 g/mol. The number of aromatic nitrogens is 2. The molecule has 2 amide bonds. The largest absolute Gasteiger partial charge is 0.346 e. The maximum atomic E-state index is 12.5. The van der Waals surface area contributed by atoms with Crippen molar-refractivity contribution in [3.05, 3.63) is 30.1 Å². The van der Waals surface area contributed by atoms with Crippen LogP contribution in [0, 0.1) is 11.8 Å². The number of nitrogens with one attached hydrogen (secondary N) is 2. The number of hydrogen-bond donors (Lipinski definition) is 2. The first kappa shape index (κ1) is 15.5. The van der Waals surface area contributed by atoms with E-state index in [9.17, 15) is 9.59 Å². The standard InChI is InChI=1S/C17H22N4O2/c1-10(2)15(16-18-12-6-4-5-7-13(12)19-16)20-17(23)11-8-14(22)21(3)9-11/h4-7,10-11,15H,8-9H2,1-3H3,(H,18,19)(H,20,23)/t11-,15-/m1/s1. The summed E-state index contributed by atoms with van der Waals surface area (Å²) in [7, 11) is 1.73. The fourth-order valence-electron chi connectivity index (χ4n) is 2.98. The second kappa shape index (κ2) is 6.02. The maximum absolute atomic E-state index is 12.5. The average Bonchev–Trinajstić information content (AvgIpc) is 3.08. The van der Waals surface area contributed by atoms with Crippen molar-refractivity contribution in [2.24, 2.45) is 11.8 Å². The molecule has 0 saturated carbocycles. The second-order valence-electron chi connectivity index (χ2n) is 6.54. The van der Waals surface area contributed by atoms with Crippen LogP contribution in [0.15, 0.2) is 24.3 Å². The highest BCUT2D eigenvalue weighted by Crippen LogP contribution is 2.24. The molecule has 1 aromatic heterocycles. The van der Waals surface area contributed by atoms with Crippen molar-refractivity contribution in [1.82, 2.24) is 20.2 Å². The highest BCUT2D eigenvalue weighted by atomic mass is 16.2. The van der Waals surface area contributed by atoms with Gasteiger partial charge in [0.05, 0.1) is 23.0 Å². The molecule has 1 aliphatic heterocycles. The molecule has 2 atom stereocenters. The van der Waals surface area contributed by atoms with Crippen molar-refractivity contribution in [3.63, 3.8) is 0 Å². The van der Waals surface area contributed by atoms with E-state index in [0.717, 1.165) is 16.9 Å². The van der Waals surface area contributed by atoms with E-state index in [1.54, 1.807) is 11.9 Å². The third-order valence-corrected chi connectivity index (χ3v) is 4.38. The lowest BCUT2D eigenvalue weighted by Crippen LogP contribution is -2.37. The molecule has 1 fully saturated rings. The van der Waals surface area contributed by atoms with E-state index in [2.05, 4.69) is 15.3 Å². The Morgan fingerprint density at radius 2 is 2.13 bits per heavy atom. The predicted molar refractivity (Wildman–Crippen MR) is 87.6 cm³/mol. The van der Waals surface area contributed by atoms with Crippen molar-refractivity contribution >= 4 is 22.8 Å². The van der Waals surface area contributed by atoms with E-state index < -0.39 is 0 Å². The lowest BCUT2D eigenvalue weighted by atomic mass is 10.0. The van der Waals surface area contributed by atoms with Crippen LogP contribution in [-0.2, 0) is 9.59 Å². The number of carbonyl (C=O) groups is 2. The number of hydrogen-bond acceptors (Lipinski definition) is 3. The van der Waals surface area contributed by atoms with Crippen molar-refractivity contribution < 1.29 is 9.59 Å². The SMILES string of the molecule is CC(C)[C@@H](NC(=O)[C@@H]1CC(=O)N(C)C1)c1nc2ccccc2[nH]1. The van der Waals surface area contributed by atoms with E-state index >= 15 is 0 Å². The zero-order valence-corrected chi connectivity index (χ0v) is 13.7. The maximum Gasteiger partial charge on any atom is 0.226 e. The first-order valence-electron chi connectivity index (χ1n) is 7.94. The number of amides is 2. The molecule has 3 rings (SSSR count). The van der Waals surface area contributed by atoms with Crippen LogP contribution in [0.2, 0.25) is 0 Å². The summed E-state index contributed by atoms with van der Waals surface area (Å²) in [5.41, 5.74) is 1.84. The van der Waals surface area contributed by atoms with Gasteiger partial charge < -0.3 is 15.2 Å². The molecular weight excluding hydrogens is 292 g/mol. The number of H-pyrrole nitrogens is 1. The van der Waals surface area contributed by atoms with Crippen molar-refractivity contribution in [3.8, 4) is 0 Å². The molecule has 1 aliphatic rings. The molecule has 122 valence electrons. The van der Waals surface area contributed by atoms with Crippen LogP contribution in [0.1, 0.15) is 32.1 Å².